The van der Waals surface area contributed by atoms with Crippen molar-refractivity contribution in [3.63, 3.8) is 0 Å². The SMILES string of the molecule is CC(=O)c1ccc(NC(=O)Cn2nc(-c3ccc(C)cc3C)ccc2=O)cc1. The van der Waals surface area contributed by atoms with Crippen LogP contribution in [0.2, 0.25) is 0 Å². The predicted octanol–water partition coefficient (Wildman–Crippen LogP) is 3.37. The molecule has 1 amide bonds. The Bertz CT molecular complexity index is 1100. The number of amides is 1. The fourth-order valence-corrected chi connectivity index (χ4v) is 2.93. The molecule has 0 aliphatic heterocycles. The summed E-state index contributed by atoms with van der Waals surface area (Å²) in [5, 5.41) is 7.06. The number of benzene rings is 2. The van der Waals surface area contributed by atoms with Crippen LogP contribution in [-0.2, 0) is 11.3 Å². The normalized spacial score (nSPS) is 10.5. The largest absolute Gasteiger partial charge is 0.324 e. The van der Waals surface area contributed by atoms with Gasteiger partial charge in [-0.3, -0.25) is 14.4 Å². The average molecular weight is 375 g/mol. The molecule has 1 aromatic heterocycles. The number of anilines is 1. The van der Waals surface area contributed by atoms with Crippen LogP contribution in [-0.4, -0.2) is 21.5 Å². The van der Waals surface area contributed by atoms with Gasteiger partial charge in [-0.05, 0) is 56.7 Å². The lowest BCUT2D eigenvalue weighted by Gasteiger charge is -2.10. The molecule has 0 saturated heterocycles. The van der Waals surface area contributed by atoms with Gasteiger partial charge in [-0.25, -0.2) is 4.68 Å². The third-order valence-electron chi connectivity index (χ3n) is 4.39. The maximum absolute atomic E-state index is 12.3. The van der Waals surface area contributed by atoms with Gasteiger partial charge < -0.3 is 5.32 Å². The Hall–Kier alpha value is -3.54. The van der Waals surface area contributed by atoms with Crippen LogP contribution >= 0.6 is 0 Å². The number of aryl methyl sites for hydroxylation is 2. The van der Waals surface area contributed by atoms with Crippen LogP contribution in [0, 0.1) is 13.8 Å². The standard InChI is InChI=1S/C22H21N3O3/c1-14-4-9-19(15(2)12-14)20-10-11-22(28)25(24-20)13-21(27)23-18-7-5-17(6-8-18)16(3)26/h4-12H,13H2,1-3H3,(H,23,27). The first-order valence-electron chi connectivity index (χ1n) is 8.90. The lowest BCUT2D eigenvalue weighted by Crippen LogP contribution is -2.29. The van der Waals surface area contributed by atoms with E-state index in [-0.39, 0.29) is 23.8 Å². The maximum Gasteiger partial charge on any atom is 0.267 e. The van der Waals surface area contributed by atoms with E-state index in [2.05, 4.69) is 10.4 Å². The van der Waals surface area contributed by atoms with Crippen molar-refractivity contribution in [2.75, 3.05) is 5.32 Å². The highest BCUT2D eigenvalue weighted by molar-refractivity contribution is 5.95. The second-order valence-corrected chi connectivity index (χ2v) is 6.71. The molecule has 6 heteroatoms. The lowest BCUT2D eigenvalue weighted by atomic mass is 10.0. The van der Waals surface area contributed by atoms with Crippen molar-refractivity contribution in [2.24, 2.45) is 0 Å². The maximum atomic E-state index is 12.3. The number of hydrogen-bond donors (Lipinski definition) is 1. The molecular weight excluding hydrogens is 354 g/mol. The summed E-state index contributed by atoms with van der Waals surface area (Å²) in [6.45, 7) is 5.27. The first-order valence-corrected chi connectivity index (χ1v) is 8.90. The minimum atomic E-state index is -0.372. The summed E-state index contributed by atoms with van der Waals surface area (Å²) in [5.74, 6) is -0.417. The van der Waals surface area contributed by atoms with Gasteiger partial charge in [0.25, 0.3) is 5.56 Å². The quantitative estimate of drug-likeness (QED) is 0.693. The first-order chi connectivity index (χ1) is 13.3. The number of carbonyl (C=O) groups is 2. The molecule has 28 heavy (non-hydrogen) atoms. The Balaban J connectivity index is 1.79. The number of rotatable bonds is 5. The fraction of sp³-hybridized carbons (Fsp3) is 0.182. The van der Waals surface area contributed by atoms with Crippen LogP contribution in [0.3, 0.4) is 0 Å². The van der Waals surface area contributed by atoms with Crippen molar-refractivity contribution in [2.45, 2.75) is 27.3 Å². The van der Waals surface area contributed by atoms with Gasteiger partial charge in [0.1, 0.15) is 6.54 Å². The molecule has 0 fully saturated rings. The summed E-state index contributed by atoms with van der Waals surface area (Å²) in [4.78, 5) is 35.8. The molecule has 0 saturated carbocycles. The number of aromatic nitrogens is 2. The fourth-order valence-electron chi connectivity index (χ4n) is 2.93. The van der Waals surface area contributed by atoms with Crippen molar-refractivity contribution >= 4 is 17.4 Å². The average Bonchev–Trinajstić information content (AvgIpc) is 2.64. The Morgan fingerprint density at radius 1 is 1.00 bits per heavy atom. The summed E-state index contributed by atoms with van der Waals surface area (Å²) in [6.07, 6.45) is 0. The van der Waals surface area contributed by atoms with E-state index in [1.807, 2.05) is 32.0 Å². The van der Waals surface area contributed by atoms with Crippen LogP contribution in [0.15, 0.2) is 59.4 Å². The number of nitrogens with one attached hydrogen (secondary N) is 1. The van der Waals surface area contributed by atoms with E-state index in [0.717, 1.165) is 21.4 Å². The van der Waals surface area contributed by atoms with Crippen molar-refractivity contribution in [1.29, 1.82) is 0 Å². The first kappa shape index (κ1) is 19.2. The lowest BCUT2D eigenvalue weighted by molar-refractivity contribution is -0.117. The third-order valence-corrected chi connectivity index (χ3v) is 4.39. The number of carbonyl (C=O) groups excluding carboxylic acids is 2. The van der Waals surface area contributed by atoms with Gasteiger partial charge in [-0.1, -0.05) is 23.8 Å². The van der Waals surface area contributed by atoms with Crippen molar-refractivity contribution in [3.8, 4) is 11.3 Å². The Morgan fingerprint density at radius 2 is 1.71 bits per heavy atom. The zero-order valence-electron chi connectivity index (χ0n) is 16.0. The molecule has 0 atom stereocenters. The second kappa shape index (κ2) is 8.00. The number of Topliss-reactive ketones (excluding diaryl/α,β-unsaturated/α-hetero) is 1. The van der Waals surface area contributed by atoms with Gasteiger partial charge >= 0.3 is 0 Å². The van der Waals surface area contributed by atoms with E-state index < -0.39 is 0 Å². The van der Waals surface area contributed by atoms with Gasteiger partial charge in [-0.2, -0.15) is 5.10 Å². The summed E-state index contributed by atoms with van der Waals surface area (Å²) >= 11 is 0. The molecule has 1 N–H and O–H groups in total. The van der Waals surface area contributed by atoms with Crippen LogP contribution in [0.5, 0.6) is 0 Å². The molecule has 0 spiro atoms. The third kappa shape index (κ3) is 4.40. The molecule has 0 radical (unpaired) electrons. The Kier molecular flexibility index (Phi) is 5.49. The number of nitrogens with zero attached hydrogens (tertiary/aromatic N) is 2. The zero-order chi connectivity index (χ0) is 20.3. The van der Waals surface area contributed by atoms with E-state index in [4.69, 9.17) is 0 Å². The predicted molar refractivity (Wildman–Crippen MR) is 108 cm³/mol. The van der Waals surface area contributed by atoms with Gasteiger partial charge in [-0.15, -0.1) is 0 Å². The van der Waals surface area contributed by atoms with E-state index in [1.54, 1.807) is 30.3 Å². The molecule has 6 nitrogen and oxygen atoms in total. The van der Waals surface area contributed by atoms with E-state index in [1.165, 1.54) is 13.0 Å². The molecule has 3 rings (SSSR count). The molecular formula is C22H21N3O3. The summed E-state index contributed by atoms with van der Waals surface area (Å²) < 4.78 is 1.15. The van der Waals surface area contributed by atoms with Crippen LogP contribution < -0.4 is 10.9 Å². The highest BCUT2D eigenvalue weighted by Gasteiger charge is 2.10. The number of ketones is 1. The molecule has 0 unspecified atom stereocenters. The summed E-state index contributed by atoms with van der Waals surface area (Å²) in [6, 6.07) is 15.6. The monoisotopic (exact) mass is 375 g/mol. The molecule has 0 bridgehead atoms. The van der Waals surface area contributed by atoms with E-state index in [9.17, 15) is 14.4 Å². The molecule has 0 aliphatic carbocycles. The number of hydrogen-bond acceptors (Lipinski definition) is 4. The topological polar surface area (TPSA) is 81.1 Å². The highest BCUT2D eigenvalue weighted by Crippen LogP contribution is 2.21. The molecule has 1 heterocycles. The van der Waals surface area contributed by atoms with Gasteiger partial charge in [0.05, 0.1) is 5.69 Å². The van der Waals surface area contributed by atoms with Gasteiger partial charge in [0, 0.05) is 22.9 Å². The van der Waals surface area contributed by atoms with E-state index in [0.29, 0.717) is 16.9 Å². The minimum Gasteiger partial charge on any atom is -0.324 e. The van der Waals surface area contributed by atoms with E-state index >= 15 is 0 Å². The van der Waals surface area contributed by atoms with Crippen molar-refractivity contribution in [3.05, 3.63) is 81.6 Å². The minimum absolute atomic E-state index is 0.0446. The van der Waals surface area contributed by atoms with Crippen molar-refractivity contribution in [1.82, 2.24) is 9.78 Å². The molecule has 2 aromatic carbocycles. The molecule has 3 aromatic rings. The smallest absolute Gasteiger partial charge is 0.267 e. The van der Waals surface area contributed by atoms with Crippen LogP contribution in [0.4, 0.5) is 5.69 Å². The molecule has 0 aliphatic rings. The molecule has 142 valence electrons. The zero-order valence-corrected chi connectivity index (χ0v) is 16.0. The highest BCUT2D eigenvalue weighted by atomic mass is 16.2. The summed E-state index contributed by atoms with van der Waals surface area (Å²) in [7, 11) is 0. The van der Waals surface area contributed by atoms with Gasteiger partial charge in [0.2, 0.25) is 5.91 Å². The van der Waals surface area contributed by atoms with Crippen molar-refractivity contribution < 1.29 is 9.59 Å². The Morgan fingerprint density at radius 3 is 2.36 bits per heavy atom. The van der Waals surface area contributed by atoms with Crippen LogP contribution in [0.1, 0.15) is 28.4 Å². The second-order valence-electron chi connectivity index (χ2n) is 6.71. The Labute approximate surface area is 162 Å². The van der Waals surface area contributed by atoms with Gasteiger partial charge in [0.15, 0.2) is 5.78 Å². The summed E-state index contributed by atoms with van der Waals surface area (Å²) in [5.41, 5.74) is 4.51. The van der Waals surface area contributed by atoms with Crippen LogP contribution in [0.25, 0.3) is 11.3 Å².